The highest BCUT2D eigenvalue weighted by molar-refractivity contribution is 5.94. The number of benzene rings is 2. The van der Waals surface area contributed by atoms with Crippen molar-refractivity contribution in [3.8, 4) is 11.5 Å². The van der Waals surface area contributed by atoms with Crippen LogP contribution >= 0.6 is 0 Å². The van der Waals surface area contributed by atoms with E-state index >= 15 is 0 Å². The van der Waals surface area contributed by atoms with E-state index in [1.165, 1.54) is 12.3 Å². The van der Waals surface area contributed by atoms with Gasteiger partial charge in [-0.3, -0.25) is 9.59 Å². The number of rotatable bonds is 6. The second-order valence-corrected chi connectivity index (χ2v) is 6.72. The van der Waals surface area contributed by atoms with Crippen LogP contribution in [0.3, 0.4) is 0 Å². The molecule has 2 aromatic carbocycles. The van der Waals surface area contributed by atoms with E-state index in [1.807, 2.05) is 60.7 Å². The molecule has 4 aromatic rings. The average Bonchev–Trinajstić information content (AvgIpc) is 3.29. The largest absolute Gasteiger partial charge is 0.463 e. The summed E-state index contributed by atoms with van der Waals surface area (Å²) in [5, 5.41) is 3.01. The Kier molecular flexibility index (Phi) is 5.38. The number of hydrogen-bond donors (Lipinski definition) is 2. The zero-order chi connectivity index (χ0) is 20.1. The highest BCUT2D eigenvalue weighted by Gasteiger charge is 2.19. The molecular formula is C24H20N2O3. The lowest BCUT2D eigenvalue weighted by molar-refractivity contribution is 0.0935. The minimum Gasteiger partial charge on any atom is -0.463 e. The third kappa shape index (κ3) is 4.35. The summed E-state index contributed by atoms with van der Waals surface area (Å²) in [7, 11) is 0. The maximum absolute atomic E-state index is 12.9. The van der Waals surface area contributed by atoms with Crippen LogP contribution in [0.2, 0.25) is 0 Å². The monoisotopic (exact) mass is 384 g/mol. The van der Waals surface area contributed by atoms with Crippen LogP contribution in [0.1, 0.15) is 27.5 Å². The topological polar surface area (TPSA) is 75.1 Å². The second kappa shape index (κ2) is 8.44. The molecule has 0 fully saturated rings. The first kappa shape index (κ1) is 18.5. The molecule has 0 spiro atoms. The fourth-order valence-electron chi connectivity index (χ4n) is 3.25. The Labute approximate surface area is 168 Å². The molecule has 2 aromatic heterocycles. The van der Waals surface area contributed by atoms with Crippen LogP contribution in [-0.2, 0) is 6.42 Å². The molecule has 0 aliphatic heterocycles. The Bertz CT molecular complexity index is 1130. The predicted octanol–water partition coefficient (Wildman–Crippen LogP) is 4.35. The second-order valence-electron chi connectivity index (χ2n) is 6.72. The summed E-state index contributed by atoms with van der Waals surface area (Å²) in [5.74, 6) is 0.127. The van der Waals surface area contributed by atoms with Crippen LogP contribution in [0, 0.1) is 0 Å². The van der Waals surface area contributed by atoms with Gasteiger partial charge < -0.3 is 14.7 Å². The maximum Gasteiger partial charge on any atom is 0.261 e. The third-order valence-electron chi connectivity index (χ3n) is 4.73. The van der Waals surface area contributed by atoms with Gasteiger partial charge in [0, 0.05) is 0 Å². The molecule has 0 radical (unpaired) electrons. The summed E-state index contributed by atoms with van der Waals surface area (Å²) in [4.78, 5) is 28.1. The predicted molar refractivity (Wildman–Crippen MR) is 112 cm³/mol. The van der Waals surface area contributed by atoms with Crippen molar-refractivity contribution < 1.29 is 9.21 Å². The maximum atomic E-state index is 12.9. The van der Waals surface area contributed by atoms with Gasteiger partial charge in [0.1, 0.15) is 11.3 Å². The SMILES string of the molecule is O=C(NC(Cc1ccccc1)c1ccccc1)c1ccc(-c2ccco2)[nH]c1=O. The van der Waals surface area contributed by atoms with Crippen molar-refractivity contribution in [2.24, 2.45) is 0 Å². The Morgan fingerprint density at radius 2 is 1.62 bits per heavy atom. The van der Waals surface area contributed by atoms with E-state index in [9.17, 15) is 9.59 Å². The lowest BCUT2D eigenvalue weighted by Crippen LogP contribution is -2.33. The summed E-state index contributed by atoms with van der Waals surface area (Å²) < 4.78 is 5.29. The Hall–Kier alpha value is -3.86. The standard InChI is InChI=1S/C24H20N2O3/c27-23-19(13-14-20(25-23)22-12-7-15-29-22)24(28)26-21(18-10-5-2-6-11-18)16-17-8-3-1-4-9-17/h1-15,21H,16H2,(H,25,27)(H,26,28). The average molecular weight is 384 g/mol. The molecule has 5 heteroatoms. The Balaban J connectivity index is 1.59. The quantitative estimate of drug-likeness (QED) is 0.519. The summed E-state index contributed by atoms with van der Waals surface area (Å²) in [6.45, 7) is 0. The smallest absolute Gasteiger partial charge is 0.261 e. The van der Waals surface area contributed by atoms with Crippen molar-refractivity contribution >= 4 is 5.91 Å². The number of carbonyl (C=O) groups excluding carboxylic acids is 1. The number of nitrogens with one attached hydrogen (secondary N) is 2. The van der Waals surface area contributed by atoms with Gasteiger partial charge in [-0.15, -0.1) is 0 Å². The van der Waals surface area contributed by atoms with Gasteiger partial charge in [0.05, 0.1) is 18.0 Å². The van der Waals surface area contributed by atoms with Crippen molar-refractivity contribution in [3.05, 3.63) is 118 Å². The number of furan rings is 1. The van der Waals surface area contributed by atoms with Crippen LogP contribution in [0.4, 0.5) is 0 Å². The zero-order valence-electron chi connectivity index (χ0n) is 15.7. The van der Waals surface area contributed by atoms with E-state index in [0.717, 1.165) is 11.1 Å². The van der Waals surface area contributed by atoms with Gasteiger partial charge >= 0.3 is 0 Å². The summed E-state index contributed by atoms with van der Waals surface area (Å²) >= 11 is 0. The zero-order valence-corrected chi connectivity index (χ0v) is 15.7. The molecule has 1 amide bonds. The Morgan fingerprint density at radius 1 is 0.897 bits per heavy atom. The van der Waals surface area contributed by atoms with Crippen LogP contribution in [-0.4, -0.2) is 10.9 Å². The van der Waals surface area contributed by atoms with Crippen LogP contribution in [0.5, 0.6) is 0 Å². The van der Waals surface area contributed by atoms with E-state index in [1.54, 1.807) is 18.2 Å². The van der Waals surface area contributed by atoms with Gasteiger partial charge in [0.25, 0.3) is 11.5 Å². The molecule has 1 unspecified atom stereocenters. The molecule has 0 aliphatic rings. The van der Waals surface area contributed by atoms with E-state index in [-0.39, 0.29) is 11.6 Å². The minimum absolute atomic E-state index is 0.0642. The van der Waals surface area contributed by atoms with Crippen molar-refractivity contribution in [3.63, 3.8) is 0 Å². The van der Waals surface area contributed by atoms with Gasteiger partial charge in [-0.2, -0.15) is 0 Å². The summed E-state index contributed by atoms with van der Waals surface area (Å²) in [6.07, 6.45) is 2.15. The number of amides is 1. The highest BCUT2D eigenvalue weighted by Crippen LogP contribution is 2.19. The van der Waals surface area contributed by atoms with Gasteiger partial charge in [-0.05, 0) is 41.8 Å². The number of carbonyl (C=O) groups is 1. The van der Waals surface area contributed by atoms with Crippen LogP contribution in [0.25, 0.3) is 11.5 Å². The number of hydrogen-bond acceptors (Lipinski definition) is 3. The van der Waals surface area contributed by atoms with Gasteiger partial charge in [0.2, 0.25) is 0 Å². The molecule has 2 N–H and O–H groups in total. The molecule has 5 nitrogen and oxygen atoms in total. The fourth-order valence-corrected chi connectivity index (χ4v) is 3.25. The van der Waals surface area contributed by atoms with E-state index in [4.69, 9.17) is 4.42 Å². The van der Waals surface area contributed by atoms with E-state index in [2.05, 4.69) is 10.3 Å². The van der Waals surface area contributed by atoms with Crippen LogP contribution in [0.15, 0.2) is 100 Å². The van der Waals surface area contributed by atoms with Crippen molar-refractivity contribution in [2.45, 2.75) is 12.5 Å². The van der Waals surface area contributed by atoms with E-state index < -0.39 is 11.5 Å². The van der Waals surface area contributed by atoms with Crippen LogP contribution < -0.4 is 10.9 Å². The van der Waals surface area contributed by atoms with Crippen molar-refractivity contribution in [1.82, 2.24) is 10.3 Å². The first-order valence-corrected chi connectivity index (χ1v) is 9.37. The van der Waals surface area contributed by atoms with Crippen molar-refractivity contribution in [1.29, 1.82) is 0 Å². The highest BCUT2D eigenvalue weighted by atomic mass is 16.3. The number of aromatic amines is 1. The fraction of sp³-hybridized carbons (Fsp3) is 0.0833. The van der Waals surface area contributed by atoms with Gasteiger partial charge in [0.15, 0.2) is 0 Å². The molecule has 0 saturated carbocycles. The number of aromatic nitrogens is 1. The lowest BCUT2D eigenvalue weighted by Gasteiger charge is -2.19. The minimum atomic E-state index is -0.456. The first-order chi connectivity index (χ1) is 14.2. The van der Waals surface area contributed by atoms with Gasteiger partial charge in [-0.1, -0.05) is 60.7 Å². The molecule has 0 saturated heterocycles. The van der Waals surface area contributed by atoms with E-state index in [0.29, 0.717) is 17.9 Å². The molecule has 1 atom stereocenters. The number of pyridine rings is 1. The molecule has 29 heavy (non-hydrogen) atoms. The Morgan fingerprint density at radius 3 is 2.28 bits per heavy atom. The molecular weight excluding hydrogens is 364 g/mol. The molecule has 0 bridgehead atoms. The molecule has 2 heterocycles. The molecule has 0 aliphatic carbocycles. The first-order valence-electron chi connectivity index (χ1n) is 9.37. The summed E-state index contributed by atoms with van der Waals surface area (Å²) in [6, 6.07) is 26.1. The third-order valence-corrected chi connectivity index (χ3v) is 4.73. The molecule has 144 valence electrons. The molecule has 4 rings (SSSR count). The summed E-state index contributed by atoms with van der Waals surface area (Å²) in [5.41, 5.74) is 2.22. The van der Waals surface area contributed by atoms with Gasteiger partial charge in [-0.25, -0.2) is 0 Å². The normalized spacial score (nSPS) is 11.7. The van der Waals surface area contributed by atoms with Crippen molar-refractivity contribution in [2.75, 3.05) is 0 Å². The lowest BCUT2D eigenvalue weighted by atomic mass is 9.98. The number of H-pyrrole nitrogens is 1.